The van der Waals surface area contributed by atoms with Crippen molar-refractivity contribution in [1.82, 2.24) is 9.78 Å². The second-order valence-electron chi connectivity index (χ2n) is 6.05. The zero-order valence-electron chi connectivity index (χ0n) is 15.4. The maximum atomic E-state index is 11.2. The van der Waals surface area contributed by atoms with Crippen LogP contribution in [0.4, 0.5) is 11.4 Å². The van der Waals surface area contributed by atoms with Crippen LogP contribution in [-0.4, -0.2) is 46.1 Å². The number of hydrazine groups is 1. The summed E-state index contributed by atoms with van der Waals surface area (Å²) >= 11 is 0. The standard InChI is InChI=1S/C16H16N4O9S2/c21-16-15(18-17-10-1-5-12(6-2-10)30(23,24)25)14(9-29-22)19-20(16)11-3-7-13(8-4-11)31(26,27)28/h1-8,17-18,21-22H,9H2,(H,23,24,25)(H,26,27,28). The molecule has 0 aliphatic heterocycles. The number of benzene rings is 2. The molecule has 166 valence electrons. The maximum Gasteiger partial charge on any atom is 0.294 e. The summed E-state index contributed by atoms with van der Waals surface area (Å²) < 4.78 is 63.6. The van der Waals surface area contributed by atoms with E-state index in [9.17, 15) is 21.9 Å². The van der Waals surface area contributed by atoms with Crippen molar-refractivity contribution in [2.24, 2.45) is 0 Å². The van der Waals surface area contributed by atoms with E-state index in [1.165, 1.54) is 24.3 Å². The Morgan fingerprint density at radius 3 is 1.87 bits per heavy atom. The molecule has 15 heteroatoms. The van der Waals surface area contributed by atoms with Crippen molar-refractivity contribution in [2.75, 3.05) is 10.9 Å². The summed E-state index contributed by atoms with van der Waals surface area (Å²) in [4.78, 5) is 3.42. The largest absolute Gasteiger partial charge is 0.492 e. The SMILES string of the molecule is O=S(=O)(O)c1ccc(NNc2c(COO)nn(-c3ccc(S(=O)(=O)O)cc3)c2O)cc1. The van der Waals surface area contributed by atoms with Crippen LogP contribution in [0.5, 0.6) is 5.88 Å². The van der Waals surface area contributed by atoms with Gasteiger partial charge in [0.25, 0.3) is 20.2 Å². The molecule has 0 aliphatic rings. The van der Waals surface area contributed by atoms with E-state index in [0.29, 0.717) is 5.69 Å². The first-order valence-electron chi connectivity index (χ1n) is 8.25. The van der Waals surface area contributed by atoms with E-state index in [4.69, 9.17) is 14.4 Å². The first kappa shape index (κ1) is 22.5. The van der Waals surface area contributed by atoms with Crippen LogP contribution < -0.4 is 10.9 Å². The van der Waals surface area contributed by atoms with Gasteiger partial charge in [0.15, 0.2) is 0 Å². The Morgan fingerprint density at radius 1 is 0.871 bits per heavy atom. The molecule has 13 nitrogen and oxygen atoms in total. The van der Waals surface area contributed by atoms with Gasteiger partial charge in [0, 0.05) is 0 Å². The molecule has 0 spiro atoms. The Kier molecular flexibility index (Phi) is 6.16. The summed E-state index contributed by atoms with van der Waals surface area (Å²) in [6.45, 7) is -0.421. The third-order valence-corrected chi connectivity index (χ3v) is 5.73. The van der Waals surface area contributed by atoms with Gasteiger partial charge in [0.05, 0.1) is 21.2 Å². The molecule has 3 aromatic rings. The molecule has 0 amide bonds. The molecule has 0 unspecified atom stereocenters. The molecule has 3 rings (SSSR count). The van der Waals surface area contributed by atoms with Gasteiger partial charge < -0.3 is 10.5 Å². The highest BCUT2D eigenvalue weighted by Gasteiger charge is 2.20. The van der Waals surface area contributed by atoms with Crippen LogP contribution in [0.3, 0.4) is 0 Å². The number of rotatable bonds is 8. The minimum atomic E-state index is -4.40. The molecule has 6 N–H and O–H groups in total. The smallest absolute Gasteiger partial charge is 0.294 e. The van der Waals surface area contributed by atoms with Crippen LogP contribution in [0.1, 0.15) is 5.69 Å². The van der Waals surface area contributed by atoms with E-state index in [-0.39, 0.29) is 26.9 Å². The third kappa shape index (κ3) is 5.10. The average Bonchev–Trinajstić information content (AvgIpc) is 3.01. The van der Waals surface area contributed by atoms with E-state index >= 15 is 0 Å². The highest BCUT2D eigenvalue weighted by atomic mass is 32.2. The highest BCUT2D eigenvalue weighted by molar-refractivity contribution is 7.86. The number of aromatic nitrogens is 2. The number of hydrogen-bond donors (Lipinski definition) is 6. The number of hydrogen-bond acceptors (Lipinski definition) is 10. The molecule has 0 fully saturated rings. The molecule has 2 aromatic carbocycles. The van der Waals surface area contributed by atoms with Crippen LogP contribution in [0.25, 0.3) is 5.69 Å². The molecule has 0 saturated carbocycles. The fourth-order valence-electron chi connectivity index (χ4n) is 2.53. The first-order valence-corrected chi connectivity index (χ1v) is 11.1. The van der Waals surface area contributed by atoms with Gasteiger partial charge in [-0.25, -0.2) is 4.89 Å². The van der Waals surface area contributed by atoms with Crippen molar-refractivity contribution in [2.45, 2.75) is 16.4 Å². The zero-order valence-corrected chi connectivity index (χ0v) is 17.0. The predicted molar refractivity (Wildman–Crippen MR) is 106 cm³/mol. The van der Waals surface area contributed by atoms with Crippen molar-refractivity contribution in [3.8, 4) is 11.6 Å². The molecule has 0 saturated heterocycles. The van der Waals surface area contributed by atoms with Crippen molar-refractivity contribution in [1.29, 1.82) is 0 Å². The van der Waals surface area contributed by atoms with Crippen molar-refractivity contribution < 1.29 is 41.2 Å². The van der Waals surface area contributed by atoms with Crippen LogP contribution >= 0.6 is 0 Å². The number of nitrogens with zero attached hydrogens (tertiary/aromatic N) is 2. The van der Waals surface area contributed by atoms with Crippen LogP contribution in [0.15, 0.2) is 58.3 Å². The molecule has 0 aliphatic carbocycles. The molecular formula is C16H16N4O9S2. The number of aromatic hydroxyl groups is 1. The monoisotopic (exact) mass is 472 g/mol. The summed E-state index contributed by atoms with van der Waals surface area (Å²) in [5.41, 5.74) is 5.96. The first-order chi connectivity index (χ1) is 14.5. The summed E-state index contributed by atoms with van der Waals surface area (Å²) in [6.07, 6.45) is 0. The van der Waals surface area contributed by atoms with Crippen LogP contribution in [0, 0.1) is 0 Å². The number of nitrogens with one attached hydrogen (secondary N) is 2. The Morgan fingerprint density at radius 2 is 1.39 bits per heavy atom. The Labute approximate surface area is 175 Å². The number of anilines is 2. The predicted octanol–water partition coefficient (Wildman–Crippen LogP) is 1.50. The van der Waals surface area contributed by atoms with Gasteiger partial charge in [-0.3, -0.25) is 19.8 Å². The van der Waals surface area contributed by atoms with E-state index in [0.717, 1.165) is 28.9 Å². The van der Waals surface area contributed by atoms with Gasteiger partial charge in [-0.15, -0.1) is 0 Å². The molecule has 0 radical (unpaired) electrons. The van der Waals surface area contributed by atoms with E-state index in [1.54, 1.807) is 0 Å². The minimum absolute atomic E-state index is 0.00763. The Hall–Kier alpha value is -3.21. The van der Waals surface area contributed by atoms with Gasteiger partial charge in [-0.2, -0.15) is 26.6 Å². The summed E-state index contributed by atoms with van der Waals surface area (Å²) in [5.74, 6) is -0.436. The van der Waals surface area contributed by atoms with Crippen LogP contribution in [-0.2, 0) is 31.7 Å². The quantitative estimate of drug-likeness (QED) is 0.157. The lowest BCUT2D eigenvalue weighted by molar-refractivity contribution is -0.253. The minimum Gasteiger partial charge on any atom is -0.492 e. The lowest BCUT2D eigenvalue weighted by Gasteiger charge is -2.10. The second-order valence-corrected chi connectivity index (χ2v) is 8.89. The molecule has 1 aromatic heterocycles. The van der Waals surface area contributed by atoms with E-state index in [2.05, 4.69) is 20.8 Å². The lowest BCUT2D eigenvalue weighted by atomic mass is 10.3. The lowest BCUT2D eigenvalue weighted by Crippen LogP contribution is -2.10. The molecule has 31 heavy (non-hydrogen) atoms. The summed E-state index contributed by atoms with van der Waals surface area (Å²) in [7, 11) is -8.74. The van der Waals surface area contributed by atoms with E-state index in [1.807, 2.05) is 0 Å². The highest BCUT2D eigenvalue weighted by Crippen LogP contribution is 2.31. The molecule has 1 heterocycles. The molecular weight excluding hydrogens is 456 g/mol. The molecule has 0 atom stereocenters. The Balaban J connectivity index is 1.88. The van der Waals surface area contributed by atoms with Gasteiger partial charge >= 0.3 is 0 Å². The maximum absolute atomic E-state index is 11.2. The van der Waals surface area contributed by atoms with Gasteiger partial charge in [0.1, 0.15) is 18.0 Å². The summed E-state index contributed by atoms with van der Waals surface area (Å²) in [6, 6.07) is 9.76. The fraction of sp³-hybridized carbons (Fsp3) is 0.0625. The van der Waals surface area contributed by atoms with Crippen LogP contribution in [0.2, 0.25) is 0 Å². The van der Waals surface area contributed by atoms with Crippen molar-refractivity contribution in [3.05, 3.63) is 54.2 Å². The normalized spacial score (nSPS) is 12.0. The van der Waals surface area contributed by atoms with Gasteiger partial charge in [-0.05, 0) is 48.5 Å². The summed E-state index contributed by atoms with van der Waals surface area (Å²) in [5, 5.41) is 23.4. The second kappa shape index (κ2) is 8.50. The fourth-order valence-corrected chi connectivity index (χ4v) is 3.49. The van der Waals surface area contributed by atoms with Gasteiger partial charge in [0.2, 0.25) is 5.88 Å². The van der Waals surface area contributed by atoms with Gasteiger partial charge in [-0.1, -0.05) is 0 Å². The third-order valence-electron chi connectivity index (χ3n) is 4.00. The average molecular weight is 472 g/mol. The zero-order chi connectivity index (χ0) is 22.8. The van der Waals surface area contributed by atoms with Crippen molar-refractivity contribution >= 4 is 31.6 Å². The Bertz CT molecular complexity index is 1290. The topological polar surface area (TPSA) is 200 Å². The molecule has 0 bridgehead atoms. The van der Waals surface area contributed by atoms with E-state index < -0.39 is 32.7 Å². The van der Waals surface area contributed by atoms with Crippen molar-refractivity contribution in [3.63, 3.8) is 0 Å².